The molecular formula is C6H12N4O2S. The van der Waals surface area contributed by atoms with Gasteiger partial charge in [0.2, 0.25) is 0 Å². The zero-order valence-electron chi connectivity index (χ0n) is 7.27. The van der Waals surface area contributed by atoms with Crippen LogP contribution in [0.3, 0.4) is 0 Å². The second kappa shape index (κ2) is 3.84. The largest absolute Gasteiger partial charge is 0.321 e. The molecule has 0 aliphatic rings. The molecule has 1 atom stereocenters. The molecule has 13 heavy (non-hydrogen) atoms. The molecule has 0 radical (unpaired) electrons. The second-order valence-corrected chi connectivity index (χ2v) is 5.16. The summed E-state index contributed by atoms with van der Waals surface area (Å²) in [7, 11) is -2.95. The first-order valence-corrected chi connectivity index (χ1v) is 5.83. The molecule has 0 aliphatic carbocycles. The molecule has 0 fully saturated rings. The van der Waals surface area contributed by atoms with Gasteiger partial charge in [-0.3, -0.25) is 5.10 Å². The standard InChI is InChI=1S/C6H12N4O2S/c1-13(11,12)3-2-5(7)6-8-4-9-10-6/h4-5H,2-3,7H2,1H3,(H,8,9,10). The Bertz CT molecular complexity index is 345. The molecule has 0 saturated heterocycles. The van der Waals surface area contributed by atoms with Gasteiger partial charge in [-0.1, -0.05) is 0 Å². The van der Waals surface area contributed by atoms with Crippen LogP contribution in [-0.4, -0.2) is 35.6 Å². The van der Waals surface area contributed by atoms with Crippen molar-refractivity contribution in [2.45, 2.75) is 12.5 Å². The quantitative estimate of drug-likeness (QED) is 0.671. The summed E-state index contributed by atoms with van der Waals surface area (Å²) in [6.45, 7) is 0. The number of hydrogen-bond donors (Lipinski definition) is 2. The van der Waals surface area contributed by atoms with E-state index in [1.54, 1.807) is 0 Å². The number of aromatic nitrogens is 3. The Balaban J connectivity index is 2.48. The number of rotatable bonds is 4. The number of H-pyrrole nitrogens is 1. The molecule has 0 saturated carbocycles. The second-order valence-electron chi connectivity index (χ2n) is 2.90. The van der Waals surface area contributed by atoms with E-state index in [4.69, 9.17) is 5.73 Å². The maximum Gasteiger partial charge on any atom is 0.147 e. The van der Waals surface area contributed by atoms with Crippen LogP contribution in [0.1, 0.15) is 18.3 Å². The van der Waals surface area contributed by atoms with Crippen molar-refractivity contribution in [2.75, 3.05) is 12.0 Å². The maximum atomic E-state index is 10.8. The van der Waals surface area contributed by atoms with Crippen LogP contribution in [0.5, 0.6) is 0 Å². The van der Waals surface area contributed by atoms with Crippen molar-refractivity contribution < 1.29 is 8.42 Å². The average Bonchev–Trinajstić information content (AvgIpc) is 2.50. The van der Waals surface area contributed by atoms with E-state index in [0.29, 0.717) is 12.2 Å². The Kier molecular flexibility index (Phi) is 2.99. The highest BCUT2D eigenvalue weighted by molar-refractivity contribution is 7.90. The smallest absolute Gasteiger partial charge is 0.147 e. The van der Waals surface area contributed by atoms with E-state index in [9.17, 15) is 8.42 Å². The monoisotopic (exact) mass is 204 g/mol. The van der Waals surface area contributed by atoms with E-state index in [0.717, 1.165) is 0 Å². The summed E-state index contributed by atoms with van der Waals surface area (Å²) < 4.78 is 21.6. The van der Waals surface area contributed by atoms with Gasteiger partial charge in [-0.2, -0.15) is 5.10 Å². The third kappa shape index (κ3) is 3.51. The van der Waals surface area contributed by atoms with Crippen molar-refractivity contribution in [3.63, 3.8) is 0 Å². The molecule has 1 heterocycles. The van der Waals surface area contributed by atoms with E-state index < -0.39 is 15.9 Å². The van der Waals surface area contributed by atoms with Crippen molar-refractivity contribution in [3.8, 4) is 0 Å². The minimum Gasteiger partial charge on any atom is -0.321 e. The Morgan fingerprint density at radius 1 is 1.69 bits per heavy atom. The van der Waals surface area contributed by atoms with Crippen molar-refractivity contribution >= 4 is 9.84 Å². The molecule has 1 rings (SSSR count). The summed E-state index contributed by atoms with van der Waals surface area (Å²) in [5.74, 6) is 0.582. The number of nitrogens with one attached hydrogen (secondary N) is 1. The summed E-state index contributed by atoms with van der Waals surface area (Å²) >= 11 is 0. The number of hydrogen-bond acceptors (Lipinski definition) is 5. The average molecular weight is 204 g/mol. The van der Waals surface area contributed by atoms with Gasteiger partial charge < -0.3 is 5.73 Å². The van der Waals surface area contributed by atoms with Crippen LogP contribution in [0, 0.1) is 0 Å². The molecule has 7 heteroatoms. The summed E-state index contributed by atoms with van der Waals surface area (Å²) in [4.78, 5) is 3.83. The zero-order valence-corrected chi connectivity index (χ0v) is 8.08. The lowest BCUT2D eigenvalue weighted by atomic mass is 10.2. The SMILES string of the molecule is CS(=O)(=O)CCC(N)c1ncn[nH]1. The molecular weight excluding hydrogens is 192 g/mol. The molecule has 3 N–H and O–H groups in total. The highest BCUT2D eigenvalue weighted by Crippen LogP contribution is 2.07. The van der Waals surface area contributed by atoms with E-state index in [-0.39, 0.29) is 5.75 Å². The van der Waals surface area contributed by atoms with Crippen LogP contribution >= 0.6 is 0 Å². The molecule has 0 aliphatic heterocycles. The number of nitrogens with zero attached hydrogens (tertiary/aromatic N) is 2. The van der Waals surface area contributed by atoms with Gasteiger partial charge in [0.25, 0.3) is 0 Å². The van der Waals surface area contributed by atoms with Crippen molar-refractivity contribution in [2.24, 2.45) is 5.73 Å². The number of sulfone groups is 1. The van der Waals surface area contributed by atoms with Crippen LogP contribution < -0.4 is 5.73 Å². The van der Waals surface area contributed by atoms with Gasteiger partial charge in [0, 0.05) is 6.26 Å². The van der Waals surface area contributed by atoms with Crippen molar-refractivity contribution in [1.29, 1.82) is 0 Å². The first-order valence-electron chi connectivity index (χ1n) is 3.77. The fourth-order valence-corrected chi connectivity index (χ4v) is 1.55. The maximum absolute atomic E-state index is 10.8. The lowest BCUT2D eigenvalue weighted by molar-refractivity contribution is 0.587. The van der Waals surface area contributed by atoms with Crippen molar-refractivity contribution in [1.82, 2.24) is 15.2 Å². The predicted molar refractivity (Wildman–Crippen MR) is 47.6 cm³/mol. The molecule has 74 valence electrons. The fraction of sp³-hybridized carbons (Fsp3) is 0.667. The molecule has 0 spiro atoms. The van der Waals surface area contributed by atoms with Gasteiger partial charge in [0.15, 0.2) is 0 Å². The molecule has 1 aromatic rings. The summed E-state index contributed by atoms with van der Waals surface area (Å²) in [6.07, 6.45) is 2.88. The van der Waals surface area contributed by atoms with E-state index in [1.165, 1.54) is 12.6 Å². The minimum absolute atomic E-state index is 0.0644. The van der Waals surface area contributed by atoms with E-state index in [1.807, 2.05) is 0 Å². The van der Waals surface area contributed by atoms with Crippen molar-refractivity contribution in [3.05, 3.63) is 12.2 Å². The third-order valence-corrected chi connectivity index (χ3v) is 2.56. The minimum atomic E-state index is -2.95. The Morgan fingerprint density at radius 2 is 2.38 bits per heavy atom. The topological polar surface area (TPSA) is 102 Å². The first kappa shape index (κ1) is 10.1. The summed E-state index contributed by atoms with van der Waals surface area (Å²) in [5.41, 5.74) is 5.65. The van der Waals surface area contributed by atoms with E-state index >= 15 is 0 Å². The lowest BCUT2D eigenvalue weighted by Crippen LogP contribution is -2.16. The summed E-state index contributed by atoms with van der Waals surface area (Å²) in [5, 5.41) is 6.21. The Labute approximate surface area is 76.5 Å². The normalized spacial score (nSPS) is 14.3. The molecule has 6 nitrogen and oxygen atoms in total. The molecule has 0 aromatic carbocycles. The predicted octanol–water partition coefficient (Wildman–Crippen LogP) is -0.761. The highest BCUT2D eigenvalue weighted by atomic mass is 32.2. The van der Waals surface area contributed by atoms with Gasteiger partial charge in [-0.15, -0.1) is 0 Å². The van der Waals surface area contributed by atoms with Crippen LogP contribution in [-0.2, 0) is 9.84 Å². The van der Waals surface area contributed by atoms with Crippen LogP contribution in [0.25, 0.3) is 0 Å². The lowest BCUT2D eigenvalue weighted by Gasteiger charge is -2.05. The van der Waals surface area contributed by atoms with Gasteiger partial charge in [0.05, 0.1) is 11.8 Å². The van der Waals surface area contributed by atoms with Gasteiger partial charge in [-0.05, 0) is 6.42 Å². The molecule has 1 aromatic heterocycles. The highest BCUT2D eigenvalue weighted by Gasteiger charge is 2.11. The van der Waals surface area contributed by atoms with Crippen LogP contribution in [0.4, 0.5) is 0 Å². The van der Waals surface area contributed by atoms with Crippen LogP contribution in [0.2, 0.25) is 0 Å². The number of aromatic amines is 1. The third-order valence-electron chi connectivity index (χ3n) is 1.58. The Morgan fingerprint density at radius 3 is 2.85 bits per heavy atom. The number of nitrogens with two attached hydrogens (primary N) is 1. The Hall–Kier alpha value is -0.950. The molecule has 1 unspecified atom stereocenters. The fourth-order valence-electron chi connectivity index (χ4n) is 0.871. The van der Waals surface area contributed by atoms with Crippen LogP contribution in [0.15, 0.2) is 6.33 Å². The van der Waals surface area contributed by atoms with Gasteiger partial charge in [-0.25, -0.2) is 13.4 Å². The molecule has 0 amide bonds. The summed E-state index contributed by atoms with van der Waals surface area (Å²) in [6, 6.07) is -0.391. The van der Waals surface area contributed by atoms with Gasteiger partial charge in [0.1, 0.15) is 22.0 Å². The zero-order chi connectivity index (χ0) is 9.90. The van der Waals surface area contributed by atoms with E-state index in [2.05, 4.69) is 15.2 Å². The first-order chi connectivity index (χ1) is 5.99. The molecule has 0 bridgehead atoms. The van der Waals surface area contributed by atoms with Gasteiger partial charge >= 0.3 is 0 Å².